The molecular weight excluding hydrogens is 360 g/mol. The first-order valence-electron chi connectivity index (χ1n) is 5.30. The number of hydrogen-bond acceptors (Lipinski definition) is 2. The summed E-state index contributed by atoms with van der Waals surface area (Å²) >= 11 is 6.70. The van der Waals surface area contributed by atoms with Gasteiger partial charge >= 0.3 is 5.97 Å². The quantitative estimate of drug-likeness (QED) is 0.564. The summed E-state index contributed by atoms with van der Waals surface area (Å²) in [6.45, 7) is 1.94. The molecule has 2 aromatic rings. The number of esters is 1. The molecule has 0 radical (unpaired) electrons. The topological polar surface area (TPSA) is 26.3 Å². The average molecular weight is 370 g/mol. The Morgan fingerprint density at radius 1 is 1.11 bits per heavy atom. The van der Waals surface area contributed by atoms with Gasteiger partial charge < -0.3 is 4.74 Å². The maximum absolute atomic E-state index is 11.9. The van der Waals surface area contributed by atoms with Crippen LogP contribution in [0, 0.1) is 6.92 Å². The van der Waals surface area contributed by atoms with E-state index in [1.54, 1.807) is 18.2 Å². The minimum atomic E-state index is -0.360. The number of benzene rings is 2. The van der Waals surface area contributed by atoms with E-state index in [0.29, 0.717) is 11.3 Å². The number of aryl methyl sites for hydroxylation is 1. The van der Waals surface area contributed by atoms with Crippen LogP contribution < -0.4 is 4.74 Å². The first-order valence-corrected chi connectivity index (χ1v) is 6.89. The summed E-state index contributed by atoms with van der Waals surface area (Å²) in [7, 11) is 0. The first-order chi connectivity index (χ1) is 8.56. The number of carbonyl (C=O) groups is 1. The van der Waals surface area contributed by atoms with Crippen molar-refractivity contribution < 1.29 is 9.53 Å². The number of rotatable bonds is 2. The van der Waals surface area contributed by atoms with Crippen LogP contribution in [0.25, 0.3) is 0 Å². The molecule has 0 aliphatic carbocycles. The third-order valence-corrected chi connectivity index (χ3v) is 3.46. The molecule has 0 fully saturated rings. The van der Waals surface area contributed by atoms with Crippen molar-refractivity contribution in [1.29, 1.82) is 0 Å². The lowest BCUT2D eigenvalue weighted by Gasteiger charge is -2.07. The summed E-state index contributed by atoms with van der Waals surface area (Å²) in [4.78, 5) is 11.9. The van der Waals surface area contributed by atoms with Crippen LogP contribution in [0.4, 0.5) is 0 Å². The van der Waals surface area contributed by atoms with Crippen LogP contribution in [0.2, 0.25) is 0 Å². The Bertz CT molecular complexity index is 594. The fourth-order valence-electron chi connectivity index (χ4n) is 1.49. The molecule has 0 saturated heterocycles. The number of hydrogen-bond donors (Lipinski definition) is 0. The van der Waals surface area contributed by atoms with E-state index in [9.17, 15) is 4.79 Å². The first kappa shape index (κ1) is 13.3. The van der Waals surface area contributed by atoms with E-state index in [0.717, 1.165) is 14.5 Å². The summed E-state index contributed by atoms with van der Waals surface area (Å²) in [5, 5.41) is 0. The standard InChI is InChI=1S/C14H10Br2O2/c1-9-3-2-4-10(7-9)14(17)18-13-6-5-11(15)8-12(13)16/h2-8H,1H3. The van der Waals surface area contributed by atoms with Crippen molar-refractivity contribution in [1.82, 2.24) is 0 Å². The third-order valence-electron chi connectivity index (χ3n) is 2.35. The molecule has 18 heavy (non-hydrogen) atoms. The molecule has 0 saturated carbocycles. The Kier molecular flexibility index (Phi) is 4.19. The zero-order valence-corrected chi connectivity index (χ0v) is 12.8. The van der Waals surface area contributed by atoms with Gasteiger partial charge in [0, 0.05) is 4.47 Å². The van der Waals surface area contributed by atoms with Gasteiger partial charge in [0.15, 0.2) is 0 Å². The van der Waals surface area contributed by atoms with Crippen LogP contribution in [0.3, 0.4) is 0 Å². The zero-order valence-electron chi connectivity index (χ0n) is 9.61. The third kappa shape index (κ3) is 3.21. The van der Waals surface area contributed by atoms with Gasteiger partial charge in [0.1, 0.15) is 5.75 Å². The lowest BCUT2D eigenvalue weighted by atomic mass is 10.1. The molecule has 0 aliphatic heterocycles. The summed E-state index contributed by atoms with van der Waals surface area (Å²) in [6.07, 6.45) is 0. The van der Waals surface area contributed by atoms with Crippen molar-refractivity contribution in [3.05, 3.63) is 62.5 Å². The van der Waals surface area contributed by atoms with E-state index in [-0.39, 0.29) is 5.97 Å². The molecule has 0 amide bonds. The highest BCUT2D eigenvalue weighted by Crippen LogP contribution is 2.28. The zero-order chi connectivity index (χ0) is 13.1. The van der Waals surface area contributed by atoms with Crippen LogP contribution >= 0.6 is 31.9 Å². The molecule has 0 heterocycles. The molecule has 0 spiro atoms. The number of ether oxygens (including phenoxy) is 1. The Hall–Kier alpha value is -1.13. The van der Waals surface area contributed by atoms with Gasteiger partial charge in [-0.2, -0.15) is 0 Å². The Morgan fingerprint density at radius 3 is 2.56 bits per heavy atom. The number of halogens is 2. The molecule has 0 unspecified atom stereocenters. The van der Waals surface area contributed by atoms with Gasteiger partial charge in [-0.05, 0) is 53.2 Å². The van der Waals surface area contributed by atoms with E-state index in [4.69, 9.17) is 4.74 Å². The minimum absolute atomic E-state index is 0.360. The molecule has 2 rings (SSSR count). The maximum Gasteiger partial charge on any atom is 0.343 e. The van der Waals surface area contributed by atoms with Gasteiger partial charge in [-0.25, -0.2) is 4.79 Å². The average Bonchev–Trinajstić information content (AvgIpc) is 2.32. The van der Waals surface area contributed by atoms with E-state index in [1.807, 2.05) is 31.2 Å². The van der Waals surface area contributed by atoms with E-state index >= 15 is 0 Å². The molecule has 0 aromatic heterocycles. The predicted octanol–water partition coefficient (Wildman–Crippen LogP) is 4.74. The van der Waals surface area contributed by atoms with Gasteiger partial charge in [0.2, 0.25) is 0 Å². The van der Waals surface area contributed by atoms with Crippen LogP contribution in [0.1, 0.15) is 15.9 Å². The fourth-order valence-corrected chi connectivity index (χ4v) is 2.62. The van der Waals surface area contributed by atoms with Gasteiger partial charge in [0.25, 0.3) is 0 Å². The second-order valence-electron chi connectivity index (χ2n) is 3.83. The second kappa shape index (κ2) is 5.67. The molecular formula is C14H10Br2O2. The number of carbonyl (C=O) groups excluding carboxylic acids is 1. The van der Waals surface area contributed by atoms with Gasteiger partial charge in [-0.1, -0.05) is 33.6 Å². The van der Waals surface area contributed by atoms with Crippen molar-refractivity contribution in [2.75, 3.05) is 0 Å². The van der Waals surface area contributed by atoms with E-state index in [2.05, 4.69) is 31.9 Å². The van der Waals surface area contributed by atoms with Gasteiger partial charge in [-0.3, -0.25) is 0 Å². The van der Waals surface area contributed by atoms with Crippen molar-refractivity contribution in [3.63, 3.8) is 0 Å². The summed E-state index contributed by atoms with van der Waals surface area (Å²) in [5.74, 6) is 0.145. The van der Waals surface area contributed by atoms with Crippen molar-refractivity contribution in [3.8, 4) is 5.75 Å². The largest absolute Gasteiger partial charge is 0.422 e. The lowest BCUT2D eigenvalue weighted by molar-refractivity contribution is 0.0733. The fraction of sp³-hybridized carbons (Fsp3) is 0.0714. The monoisotopic (exact) mass is 368 g/mol. The molecule has 0 N–H and O–H groups in total. The van der Waals surface area contributed by atoms with Crippen molar-refractivity contribution in [2.24, 2.45) is 0 Å². The summed E-state index contributed by atoms with van der Waals surface area (Å²) < 4.78 is 6.99. The SMILES string of the molecule is Cc1cccc(C(=O)Oc2ccc(Br)cc2Br)c1. The maximum atomic E-state index is 11.9. The van der Waals surface area contributed by atoms with Crippen LogP contribution in [0.5, 0.6) is 5.75 Å². The molecule has 0 atom stereocenters. The summed E-state index contributed by atoms with van der Waals surface area (Å²) in [5.41, 5.74) is 1.57. The molecule has 0 bridgehead atoms. The highest BCUT2D eigenvalue weighted by atomic mass is 79.9. The molecule has 4 heteroatoms. The highest BCUT2D eigenvalue weighted by Gasteiger charge is 2.10. The summed E-state index contributed by atoms with van der Waals surface area (Å²) in [6, 6.07) is 12.7. The van der Waals surface area contributed by atoms with E-state index in [1.165, 1.54) is 0 Å². The molecule has 0 aliphatic rings. The Morgan fingerprint density at radius 2 is 1.89 bits per heavy atom. The Balaban J connectivity index is 2.21. The van der Waals surface area contributed by atoms with Crippen LogP contribution in [-0.4, -0.2) is 5.97 Å². The smallest absolute Gasteiger partial charge is 0.343 e. The predicted molar refractivity (Wildman–Crippen MR) is 78.0 cm³/mol. The second-order valence-corrected chi connectivity index (χ2v) is 5.60. The van der Waals surface area contributed by atoms with Crippen molar-refractivity contribution in [2.45, 2.75) is 6.92 Å². The van der Waals surface area contributed by atoms with Crippen LogP contribution in [-0.2, 0) is 0 Å². The molecule has 92 valence electrons. The molecule has 2 aromatic carbocycles. The normalized spacial score (nSPS) is 10.2. The minimum Gasteiger partial charge on any atom is -0.422 e. The van der Waals surface area contributed by atoms with Gasteiger partial charge in [0.05, 0.1) is 10.0 Å². The van der Waals surface area contributed by atoms with Gasteiger partial charge in [-0.15, -0.1) is 0 Å². The lowest BCUT2D eigenvalue weighted by Crippen LogP contribution is -2.08. The van der Waals surface area contributed by atoms with Crippen LogP contribution in [0.15, 0.2) is 51.4 Å². The molecule has 2 nitrogen and oxygen atoms in total. The highest BCUT2D eigenvalue weighted by molar-refractivity contribution is 9.11. The van der Waals surface area contributed by atoms with Crippen molar-refractivity contribution >= 4 is 37.8 Å². The Labute approximate surface area is 122 Å². The van der Waals surface area contributed by atoms with E-state index < -0.39 is 0 Å².